The molecule has 0 aliphatic carbocycles. The Kier molecular flexibility index (Phi) is 9.59. The van der Waals surface area contributed by atoms with Crippen molar-refractivity contribution in [2.45, 2.75) is 33.1 Å². The first kappa shape index (κ1) is 23.3. The second-order valence-electron chi connectivity index (χ2n) is 6.66. The van der Waals surface area contributed by atoms with Crippen LogP contribution in [0.1, 0.15) is 27.6 Å². The molecule has 0 atom stereocenters. The van der Waals surface area contributed by atoms with Crippen molar-refractivity contribution in [1.82, 2.24) is 25.4 Å². The number of guanidine groups is 1. The third-order valence-corrected chi connectivity index (χ3v) is 5.43. The number of nitrogens with one attached hydrogen (secondary N) is 2. The number of benzene rings is 1. The van der Waals surface area contributed by atoms with Crippen LogP contribution in [0, 0.1) is 13.8 Å². The standard InChI is InChI=1S/C21H28N6S.HI/c1-16-14-25-20(28-16)11-13-24-21(22-3)23-12-7-8-18-15-27(26-17(18)2)19-9-5-4-6-10-19;/h4-6,9-10,14-15H,7-8,11-13H2,1-3H3,(H2,22,23,24);1H. The van der Waals surface area contributed by atoms with Crippen LogP contribution in [0.5, 0.6) is 0 Å². The third kappa shape index (κ3) is 7.11. The van der Waals surface area contributed by atoms with E-state index in [1.54, 1.807) is 18.4 Å². The van der Waals surface area contributed by atoms with E-state index in [0.717, 1.165) is 54.7 Å². The number of aliphatic imine (C=N–C) groups is 1. The monoisotopic (exact) mass is 524 g/mol. The molecule has 0 aliphatic rings. The molecule has 2 N–H and O–H groups in total. The summed E-state index contributed by atoms with van der Waals surface area (Å²) in [7, 11) is 1.80. The summed E-state index contributed by atoms with van der Waals surface area (Å²) in [6.45, 7) is 5.85. The van der Waals surface area contributed by atoms with E-state index >= 15 is 0 Å². The van der Waals surface area contributed by atoms with Gasteiger partial charge in [0, 0.05) is 43.8 Å². The van der Waals surface area contributed by atoms with Crippen molar-refractivity contribution in [1.29, 1.82) is 0 Å². The minimum atomic E-state index is 0. The summed E-state index contributed by atoms with van der Waals surface area (Å²) in [6, 6.07) is 10.2. The van der Waals surface area contributed by atoms with Gasteiger partial charge in [0.1, 0.15) is 0 Å². The van der Waals surface area contributed by atoms with E-state index in [0.29, 0.717) is 0 Å². The number of halogens is 1. The molecule has 0 aliphatic heterocycles. The molecule has 0 amide bonds. The topological polar surface area (TPSA) is 67.1 Å². The molecule has 29 heavy (non-hydrogen) atoms. The van der Waals surface area contributed by atoms with E-state index in [1.807, 2.05) is 29.1 Å². The van der Waals surface area contributed by atoms with E-state index in [1.165, 1.54) is 10.4 Å². The molecule has 3 rings (SSSR count). The zero-order valence-electron chi connectivity index (χ0n) is 17.2. The van der Waals surface area contributed by atoms with Crippen molar-refractivity contribution in [3.63, 3.8) is 0 Å². The van der Waals surface area contributed by atoms with Gasteiger partial charge < -0.3 is 10.6 Å². The fourth-order valence-electron chi connectivity index (χ4n) is 2.97. The predicted molar refractivity (Wildman–Crippen MR) is 132 cm³/mol. The Morgan fingerprint density at radius 1 is 1.10 bits per heavy atom. The van der Waals surface area contributed by atoms with E-state index < -0.39 is 0 Å². The Bertz CT molecular complexity index is 903. The van der Waals surface area contributed by atoms with Gasteiger partial charge in [0.05, 0.1) is 16.4 Å². The number of nitrogens with zero attached hydrogens (tertiary/aromatic N) is 4. The SMILES string of the molecule is CN=C(NCCCc1cn(-c2ccccc2)nc1C)NCCc1ncc(C)s1.I. The van der Waals surface area contributed by atoms with Crippen molar-refractivity contribution >= 4 is 41.3 Å². The van der Waals surface area contributed by atoms with Crippen LogP contribution < -0.4 is 10.6 Å². The summed E-state index contributed by atoms with van der Waals surface area (Å²) in [4.78, 5) is 9.93. The van der Waals surface area contributed by atoms with Gasteiger partial charge in [0.15, 0.2) is 5.96 Å². The molecular formula is C21H29IN6S. The van der Waals surface area contributed by atoms with Gasteiger partial charge in [0.25, 0.3) is 0 Å². The summed E-state index contributed by atoms with van der Waals surface area (Å²) >= 11 is 1.75. The lowest BCUT2D eigenvalue weighted by Crippen LogP contribution is -2.38. The fourth-order valence-corrected chi connectivity index (χ4v) is 3.75. The smallest absolute Gasteiger partial charge is 0.190 e. The van der Waals surface area contributed by atoms with Gasteiger partial charge >= 0.3 is 0 Å². The van der Waals surface area contributed by atoms with Crippen LogP contribution in [-0.4, -0.2) is 40.9 Å². The number of hydrogen-bond donors (Lipinski definition) is 2. The minimum absolute atomic E-state index is 0. The van der Waals surface area contributed by atoms with E-state index in [4.69, 9.17) is 0 Å². The zero-order valence-corrected chi connectivity index (χ0v) is 20.3. The van der Waals surface area contributed by atoms with Crippen molar-refractivity contribution in [2.24, 2.45) is 4.99 Å². The number of aromatic nitrogens is 3. The normalized spacial score (nSPS) is 11.2. The van der Waals surface area contributed by atoms with Gasteiger partial charge in [-0.2, -0.15) is 5.10 Å². The highest BCUT2D eigenvalue weighted by Crippen LogP contribution is 2.13. The number of para-hydroxylation sites is 1. The highest BCUT2D eigenvalue weighted by atomic mass is 127. The summed E-state index contributed by atoms with van der Waals surface area (Å²) in [6.07, 6.45) is 6.98. The summed E-state index contributed by atoms with van der Waals surface area (Å²) in [5.74, 6) is 0.838. The molecule has 1 aromatic carbocycles. The zero-order chi connectivity index (χ0) is 19.8. The van der Waals surface area contributed by atoms with Crippen molar-refractivity contribution < 1.29 is 0 Å². The third-order valence-electron chi connectivity index (χ3n) is 4.46. The Hall–Kier alpha value is -1.94. The second kappa shape index (κ2) is 11.9. The molecule has 0 saturated heterocycles. The molecule has 8 heteroatoms. The molecule has 3 aromatic rings. The molecule has 0 spiro atoms. The van der Waals surface area contributed by atoms with Crippen LogP contribution in [0.3, 0.4) is 0 Å². The average molecular weight is 524 g/mol. The van der Waals surface area contributed by atoms with Crippen molar-refractivity contribution in [2.75, 3.05) is 20.1 Å². The number of rotatable bonds is 8. The first-order chi connectivity index (χ1) is 13.7. The second-order valence-corrected chi connectivity index (χ2v) is 7.98. The minimum Gasteiger partial charge on any atom is -0.356 e. The molecule has 0 unspecified atom stereocenters. The van der Waals surface area contributed by atoms with Crippen LogP contribution >= 0.6 is 35.3 Å². The predicted octanol–water partition coefficient (Wildman–Crippen LogP) is 3.90. The van der Waals surface area contributed by atoms with Crippen LogP contribution in [-0.2, 0) is 12.8 Å². The van der Waals surface area contributed by atoms with Crippen molar-refractivity contribution in [3.05, 3.63) is 63.9 Å². The van der Waals surface area contributed by atoms with Crippen LogP contribution in [0.15, 0.2) is 47.7 Å². The van der Waals surface area contributed by atoms with Gasteiger partial charge in [-0.05, 0) is 44.4 Å². The van der Waals surface area contributed by atoms with Gasteiger partial charge in [-0.3, -0.25) is 4.99 Å². The summed E-state index contributed by atoms with van der Waals surface area (Å²) < 4.78 is 1.96. The maximum absolute atomic E-state index is 4.64. The molecule has 2 aromatic heterocycles. The molecule has 6 nitrogen and oxygen atoms in total. The number of aryl methyl sites for hydroxylation is 3. The quantitative estimate of drug-likeness (QED) is 0.203. The summed E-state index contributed by atoms with van der Waals surface area (Å²) in [5, 5.41) is 12.5. The molecule has 2 heterocycles. The largest absolute Gasteiger partial charge is 0.356 e. The highest BCUT2D eigenvalue weighted by molar-refractivity contribution is 14.0. The van der Waals surface area contributed by atoms with Crippen LogP contribution in [0.2, 0.25) is 0 Å². The van der Waals surface area contributed by atoms with E-state index in [2.05, 4.69) is 57.9 Å². The highest BCUT2D eigenvalue weighted by Gasteiger charge is 2.06. The first-order valence-electron chi connectivity index (χ1n) is 9.62. The Morgan fingerprint density at radius 3 is 2.55 bits per heavy atom. The lowest BCUT2D eigenvalue weighted by Gasteiger charge is -2.11. The molecule has 0 fully saturated rings. The molecule has 0 radical (unpaired) electrons. The van der Waals surface area contributed by atoms with Gasteiger partial charge in [0.2, 0.25) is 0 Å². The average Bonchev–Trinajstić information content (AvgIpc) is 3.29. The van der Waals surface area contributed by atoms with Crippen molar-refractivity contribution in [3.8, 4) is 5.69 Å². The molecule has 156 valence electrons. The van der Waals surface area contributed by atoms with Gasteiger partial charge in [-0.25, -0.2) is 9.67 Å². The lowest BCUT2D eigenvalue weighted by atomic mass is 10.1. The van der Waals surface area contributed by atoms with Crippen LogP contribution in [0.4, 0.5) is 0 Å². The summed E-state index contributed by atoms with van der Waals surface area (Å²) in [5.41, 5.74) is 3.47. The number of thiazole rings is 1. The van der Waals surface area contributed by atoms with E-state index in [9.17, 15) is 0 Å². The fraction of sp³-hybridized carbons (Fsp3) is 0.381. The number of hydrogen-bond acceptors (Lipinski definition) is 4. The lowest BCUT2D eigenvalue weighted by molar-refractivity contribution is 0.737. The van der Waals surface area contributed by atoms with E-state index in [-0.39, 0.29) is 24.0 Å². The van der Waals surface area contributed by atoms with Gasteiger partial charge in [-0.15, -0.1) is 35.3 Å². The first-order valence-corrected chi connectivity index (χ1v) is 10.4. The Morgan fingerprint density at radius 2 is 1.86 bits per heavy atom. The van der Waals surface area contributed by atoms with Crippen LogP contribution in [0.25, 0.3) is 5.69 Å². The maximum Gasteiger partial charge on any atom is 0.190 e. The van der Waals surface area contributed by atoms with Gasteiger partial charge in [-0.1, -0.05) is 18.2 Å². The molecular weight excluding hydrogens is 495 g/mol. The maximum atomic E-state index is 4.64. The molecule has 0 bridgehead atoms. The molecule has 0 saturated carbocycles. The Labute approximate surface area is 193 Å². The Balaban J connectivity index is 0.00000300.